The molecule has 14 heteroatoms. The number of alkyl halides is 1. The van der Waals surface area contributed by atoms with Crippen LogP contribution in [-0.4, -0.2) is 75.9 Å². The second-order valence-corrected chi connectivity index (χ2v) is 14.6. The van der Waals surface area contributed by atoms with Crippen LogP contribution in [0, 0.1) is 38.7 Å². The highest BCUT2D eigenvalue weighted by Gasteiger charge is 2.76. The fourth-order valence-electron chi connectivity index (χ4n) is 9.07. The molecule has 1 amide bonds. The van der Waals surface area contributed by atoms with Gasteiger partial charge in [-0.2, -0.15) is 0 Å². The molecule has 0 aliphatic heterocycles. The van der Waals surface area contributed by atoms with E-state index in [-0.39, 0.29) is 62.4 Å². The van der Waals surface area contributed by atoms with Gasteiger partial charge in [-0.1, -0.05) is 45.8 Å². The Bertz CT molecular complexity index is 1380. The van der Waals surface area contributed by atoms with Crippen molar-refractivity contribution in [1.82, 2.24) is 5.32 Å². The molecule has 0 aromatic heterocycles. The summed E-state index contributed by atoms with van der Waals surface area (Å²) in [5.74, 6) is -3.24. The zero-order chi connectivity index (χ0) is 35.5. The first-order valence-corrected chi connectivity index (χ1v) is 17.2. The SMILES string of the molecule is CCC(=O)O[C@]1(C(=O)COC(=O)CCNC(=O)CCCCCO[N+](=O)[O-])[C@@H](C)C[C@H]2[C@@H]3CCC4=CC(=O)C=C[C@]4(C)[C@@]3(Cl)[C@@H](O)CC21C. The third-order valence-corrected chi connectivity index (χ3v) is 12.3. The zero-order valence-electron chi connectivity index (χ0n) is 28.1. The molecule has 4 rings (SSSR count). The largest absolute Gasteiger partial charge is 0.457 e. The lowest BCUT2D eigenvalue weighted by Gasteiger charge is -2.64. The molecule has 8 atom stereocenters. The highest BCUT2D eigenvalue weighted by molar-refractivity contribution is 6.26. The lowest BCUT2D eigenvalue weighted by atomic mass is 9.45. The van der Waals surface area contributed by atoms with Gasteiger partial charge in [0.2, 0.25) is 11.7 Å². The Balaban J connectivity index is 1.43. The smallest absolute Gasteiger partial charge is 0.308 e. The second-order valence-electron chi connectivity index (χ2n) is 14.0. The highest BCUT2D eigenvalue weighted by Crippen LogP contribution is 2.72. The number of halogens is 1. The fraction of sp³-hybridized carbons (Fsp3) is 0.735. The monoisotopic (exact) mass is 694 g/mol. The van der Waals surface area contributed by atoms with Crippen LogP contribution in [0.4, 0.5) is 0 Å². The third kappa shape index (κ3) is 6.64. The van der Waals surface area contributed by atoms with Crippen LogP contribution in [0.15, 0.2) is 23.8 Å². The number of amides is 1. The summed E-state index contributed by atoms with van der Waals surface area (Å²) in [6.07, 6.45) is 7.01. The summed E-state index contributed by atoms with van der Waals surface area (Å²) in [5, 5.41) is 23.8. The van der Waals surface area contributed by atoms with Gasteiger partial charge in [0.25, 0.3) is 5.09 Å². The molecule has 3 fully saturated rings. The maximum absolute atomic E-state index is 14.2. The molecule has 4 aliphatic carbocycles. The molecule has 0 aromatic rings. The molecule has 13 nitrogen and oxygen atoms in total. The first-order valence-electron chi connectivity index (χ1n) is 16.8. The normalized spacial score (nSPS) is 35.0. The fourth-order valence-corrected chi connectivity index (χ4v) is 9.59. The van der Waals surface area contributed by atoms with Gasteiger partial charge in [-0.25, -0.2) is 0 Å². The Morgan fingerprint density at radius 1 is 1.12 bits per heavy atom. The number of ketones is 2. The standard InChI is InChI=1S/C34H47ClN2O11/c1-5-29(42)48-34(27(40)20-46-30(43)13-15-36-28(41)9-7-6-8-16-47-37(44)45)21(2)17-25-24-11-10-22-18-23(38)12-14-31(22,3)33(24,35)26(39)19-32(25,34)4/h12,14,18,21,24-26,39H,5-11,13,15-17,19-20H2,1-4H3,(H,36,41)/t21-,24-,25-,26-,31-,32?,33-,34-/m0/s1. The maximum atomic E-state index is 14.2. The van der Waals surface area contributed by atoms with Gasteiger partial charge in [-0.3, -0.25) is 24.0 Å². The number of unbranched alkanes of at least 4 members (excludes halogenated alkanes) is 2. The number of rotatable bonds is 15. The number of nitrogens with zero attached hydrogens (tertiary/aromatic N) is 1. The van der Waals surface area contributed by atoms with Gasteiger partial charge < -0.3 is 24.7 Å². The van der Waals surface area contributed by atoms with Crippen LogP contribution in [0.2, 0.25) is 0 Å². The minimum atomic E-state index is -1.68. The van der Waals surface area contributed by atoms with E-state index >= 15 is 0 Å². The van der Waals surface area contributed by atoms with Crippen LogP contribution in [0.1, 0.15) is 91.9 Å². The van der Waals surface area contributed by atoms with Crippen molar-refractivity contribution in [3.8, 4) is 0 Å². The summed E-state index contributed by atoms with van der Waals surface area (Å²) in [5.41, 5.74) is -2.63. The molecule has 0 saturated heterocycles. The molecule has 48 heavy (non-hydrogen) atoms. The summed E-state index contributed by atoms with van der Waals surface area (Å²) in [6.45, 7) is 6.58. The number of Topliss-reactive ketones (excluding diaryl/α,β-unsaturated/α-hetero) is 1. The van der Waals surface area contributed by atoms with E-state index in [1.165, 1.54) is 6.08 Å². The molecule has 0 aromatic carbocycles. The van der Waals surface area contributed by atoms with E-state index < -0.39 is 62.7 Å². The Labute approximate surface area is 285 Å². The molecule has 4 aliphatic rings. The Kier molecular flexibility index (Phi) is 11.4. The third-order valence-electron chi connectivity index (χ3n) is 11.4. The lowest BCUT2D eigenvalue weighted by molar-refractivity contribution is -0.757. The van der Waals surface area contributed by atoms with Gasteiger partial charge in [0.15, 0.2) is 18.0 Å². The van der Waals surface area contributed by atoms with Gasteiger partial charge in [-0.05, 0) is 62.5 Å². The minimum Gasteiger partial charge on any atom is -0.457 e. The van der Waals surface area contributed by atoms with Crippen LogP contribution in [0.3, 0.4) is 0 Å². The average Bonchev–Trinajstić information content (AvgIpc) is 3.24. The number of nitrogens with one attached hydrogen (secondary N) is 1. The predicted octanol–water partition coefficient (Wildman–Crippen LogP) is 3.95. The number of aliphatic hydroxyl groups is 1. The molecule has 0 bridgehead atoms. The number of ether oxygens (including phenoxy) is 2. The average molecular weight is 695 g/mol. The Morgan fingerprint density at radius 2 is 1.85 bits per heavy atom. The van der Waals surface area contributed by atoms with Crippen LogP contribution in [-0.2, 0) is 38.3 Å². The number of fused-ring (bicyclic) bond motifs is 5. The molecule has 0 heterocycles. The van der Waals surface area contributed by atoms with Crippen molar-refractivity contribution < 1.29 is 48.5 Å². The molecular weight excluding hydrogens is 648 g/mol. The number of carbonyl (C=O) groups is 5. The summed E-state index contributed by atoms with van der Waals surface area (Å²) in [4.78, 5) is 77.4. The molecule has 3 saturated carbocycles. The molecular formula is C34H47ClN2O11. The van der Waals surface area contributed by atoms with Crippen molar-refractivity contribution in [3.05, 3.63) is 33.9 Å². The summed E-state index contributed by atoms with van der Waals surface area (Å²) >= 11 is 7.53. The number of hydrogen-bond acceptors (Lipinski definition) is 11. The number of hydrogen-bond donors (Lipinski definition) is 2. The summed E-state index contributed by atoms with van der Waals surface area (Å²) < 4.78 is 11.5. The van der Waals surface area contributed by atoms with Gasteiger partial charge in [0.05, 0.1) is 24.0 Å². The quantitative estimate of drug-likeness (QED) is 0.0830. The molecule has 1 unspecified atom stereocenters. The lowest BCUT2D eigenvalue weighted by Crippen LogP contribution is -2.69. The van der Waals surface area contributed by atoms with Crippen molar-refractivity contribution in [2.75, 3.05) is 19.8 Å². The van der Waals surface area contributed by atoms with Crippen LogP contribution >= 0.6 is 11.6 Å². The number of carbonyl (C=O) groups excluding carboxylic acids is 5. The van der Waals surface area contributed by atoms with E-state index in [9.17, 15) is 39.2 Å². The predicted molar refractivity (Wildman–Crippen MR) is 172 cm³/mol. The highest BCUT2D eigenvalue weighted by atomic mass is 35.5. The number of aliphatic hydroxyl groups excluding tert-OH is 1. The Morgan fingerprint density at radius 3 is 2.54 bits per heavy atom. The molecule has 0 radical (unpaired) electrons. The van der Waals surface area contributed by atoms with E-state index in [2.05, 4.69) is 10.2 Å². The first kappa shape index (κ1) is 37.5. The van der Waals surface area contributed by atoms with E-state index in [0.29, 0.717) is 38.5 Å². The summed E-state index contributed by atoms with van der Waals surface area (Å²) in [6, 6.07) is 0. The topological polar surface area (TPSA) is 188 Å². The van der Waals surface area contributed by atoms with Crippen LogP contribution in [0.25, 0.3) is 0 Å². The maximum Gasteiger partial charge on any atom is 0.308 e. The number of allylic oxidation sites excluding steroid dienone is 4. The van der Waals surface area contributed by atoms with E-state index in [1.54, 1.807) is 19.1 Å². The van der Waals surface area contributed by atoms with E-state index in [0.717, 1.165) is 5.57 Å². The van der Waals surface area contributed by atoms with Gasteiger partial charge in [-0.15, -0.1) is 21.7 Å². The zero-order valence-corrected chi connectivity index (χ0v) is 28.8. The summed E-state index contributed by atoms with van der Waals surface area (Å²) in [7, 11) is 0. The van der Waals surface area contributed by atoms with E-state index in [4.69, 9.17) is 21.1 Å². The van der Waals surface area contributed by atoms with Crippen molar-refractivity contribution in [1.29, 1.82) is 0 Å². The van der Waals surface area contributed by atoms with E-state index in [1.807, 2.05) is 20.8 Å². The van der Waals surface area contributed by atoms with Gasteiger partial charge in [0, 0.05) is 36.1 Å². The van der Waals surface area contributed by atoms with Crippen LogP contribution < -0.4 is 5.32 Å². The van der Waals surface area contributed by atoms with Crippen molar-refractivity contribution >= 4 is 41.0 Å². The molecule has 0 spiro atoms. The van der Waals surface area contributed by atoms with Crippen molar-refractivity contribution in [2.45, 2.75) is 108 Å². The van der Waals surface area contributed by atoms with Gasteiger partial charge in [0.1, 0.15) is 0 Å². The minimum absolute atomic E-state index is 0.0105. The van der Waals surface area contributed by atoms with Gasteiger partial charge >= 0.3 is 11.9 Å². The first-order chi connectivity index (χ1) is 22.6. The Hall–Kier alpha value is -3.32. The van der Waals surface area contributed by atoms with Crippen molar-refractivity contribution in [3.63, 3.8) is 0 Å². The van der Waals surface area contributed by atoms with Crippen LogP contribution in [0.5, 0.6) is 0 Å². The molecule has 2 N–H and O–H groups in total. The number of esters is 2. The van der Waals surface area contributed by atoms with Crippen molar-refractivity contribution in [2.24, 2.45) is 28.6 Å². The second kappa shape index (κ2) is 14.7. The molecule has 266 valence electrons.